The van der Waals surface area contributed by atoms with Crippen molar-refractivity contribution in [2.75, 3.05) is 32.8 Å². The van der Waals surface area contributed by atoms with E-state index < -0.39 is 0 Å². The zero-order valence-corrected chi connectivity index (χ0v) is 14.0. The van der Waals surface area contributed by atoms with Crippen LogP contribution in [0.4, 0.5) is 0 Å². The fourth-order valence-corrected chi connectivity index (χ4v) is 3.53. The maximum atomic E-state index is 6.40. The van der Waals surface area contributed by atoms with Crippen LogP contribution in [-0.2, 0) is 6.54 Å². The van der Waals surface area contributed by atoms with E-state index in [0.29, 0.717) is 30.0 Å². The summed E-state index contributed by atoms with van der Waals surface area (Å²) in [4.78, 5) is 2.55. The highest BCUT2D eigenvalue weighted by Gasteiger charge is 2.23. The van der Waals surface area contributed by atoms with Gasteiger partial charge in [0.2, 0.25) is 0 Å². The monoisotopic (exact) mass is 324 g/mol. The summed E-state index contributed by atoms with van der Waals surface area (Å²) in [5, 5.41) is 4.12. The first-order chi connectivity index (χ1) is 10.8. The van der Waals surface area contributed by atoms with Gasteiger partial charge in [-0.05, 0) is 43.6 Å². The van der Waals surface area contributed by atoms with E-state index >= 15 is 0 Å². The number of nitrogens with zero attached hydrogens (tertiary/aromatic N) is 1. The number of halogens is 1. The molecule has 0 radical (unpaired) electrons. The molecule has 5 heteroatoms. The Morgan fingerprint density at radius 3 is 2.95 bits per heavy atom. The Bertz CT molecular complexity index is 504. The zero-order chi connectivity index (χ0) is 15.4. The zero-order valence-electron chi connectivity index (χ0n) is 13.2. The highest BCUT2D eigenvalue weighted by molar-refractivity contribution is 6.32. The summed E-state index contributed by atoms with van der Waals surface area (Å²) >= 11 is 6.40. The molecule has 22 heavy (non-hydrogen) atoms. The quantitative estimate of drug-likeness (QED) is 0.902. The van der Waals surface area contributed by atoms with Crippen molar-refractivity contribution >= 4 is 11.6 Å². The van der Waals surface area contributed by atoms with E-state index in [1.54, 1.807) is 0 Å². The number of nitrogens with one attached hydrogen (secondary N) is 1. The predicted octanol–water partition coefficient (Wildman–Crippen LogP) is 3.08. The smallest absolute Gasteiger partial charge is 0.179 e. The molecule has 0 bridgehead atoms. The number of hydrogen-bond donors (Lipinski definition) is 1. The Kier molecular flexibility index (Phi) is 5.45. The lowest BCUT2D eigenvalue weighted by Crippen LogP contribution is -2.36. The number of rotatable bonds is 5. The first kappa shape index (κ1) is 15.9. The molecule has 0 spiro atoms. The van der Waals surface area contributed by atoms with Crippen LogP contribution in [0.5, 0.6) is 11.5 Å². The third-order valence-electron chi connectivity index (χ3n) is 4.31. The first-order valence-electron chi connectivity index (χ1n) is 8.30. The summed E-state index contributed by atoms with van der Waals surface area (Å²) in [7, 11) is 0. The Hall–Kier alpha value is -0.970. The van der Waals surface area contributed by atoms with Gasteiger partial charge in [0.1, 0.15) is 0 Å². The van der Waals surface area contributed by atoms with Crippen molar-refractivity contribution in [1.29, 1.82) is 0 Å². The summed E-state index contributed by atoms with van der Waals surface area (Å²) in [5.74, 6) is 1.49. The molecule has 1 atom stereocenters. The molecule has 3 rings (SSSR count). The van der Waals surface area contributed by atoms with Gasteiger partial charge in [0.05, 0.1) is 18.2 Å². The summed E-state index contributed by atoms with van der Waals surface area (Å²) < 4.78 is 11.5. The molecule has 0 aromatic heterocycles. The van der Waals surface area contributed by atoms with Crippen LogP contribution in [0.25, 0.3) is 0 Å². The maximum Gasteiger partial charge on any atom is 0.179 e. The van der Waals surface area contributed by atoms with E-state index in [0.717, 1.165) is 44.8 Å². The standard InChI is InChI=1S/C17H25ClN2O2/c1-2-6-20(14-4-5-19-11-14)12-13-9-15(18)17-16(10-13)21-7-3-8-22-17/h9-10,14,19H,2-8,11-12H2,1H3. The molecule has 4 nitrogen and oxygen atoms in total. The number of ether oxygens (including phenoxy) is 2. The lowest BCUT2D eigenvalue weighted by atomic mass is 10.1. The first-order valence-corrected chi connectivity index (χ1v) is 8.68. The van der Waals surface area contributed by atoms with Crippen LogP contribution in [0.15, 0.2) is 12.1 Å². The predicted molar refractivity (Wildman–Crippen MR) is 89.0 cm³/mol. The summed E-state index contributed by atoms with van der Waals surface area (Å²) in [6.45, 7) is 7.82. The SMILES string of the molecule is CCCN(Cc1cc(Cl)c2c(c1)OCCCO2)C1CCNC1. The molecule has 1 aromatic rings. The van der Waals surface area contributed by atoms with Crippen LogP contribution in [0, 0.1) is 0 Å². The molecule has 2 heterocycles. The Balaban J connectivity index is 1.78. The van der Waals surface area contributed by atoms with Crippen LogP contribution < -0.4 is 14.8 Å². The Labute approximate surface area is 137 Å². The summed E-state index contributed by atoms with van der Waals surface area (Å²) in [6.07, 6.45) is 3.28. The van der Waals surface area contributed by atoms with Crippen molar-refractivity contribution in [1.82, 2.24) is 10.2 Å². The average Bonchev–Trinajstić information content (AvgIpc) is 2.93. The van der Waals surface area contributed by atoms with Crippen molar-refractivity contribution in [2.45, 2.75) is 38.8 Å². The molecule has 1 aromatic carbocycles. The van der Waals surface area contributed by atoms with Crippen molar-refractivity contribution in [3.05, 3.63) is 22.7 Å². The molecule has 1 fully saturated rings. The van der Waals surface area contributed by atoms with E-state index in [-0.39, 0.29) is 0 Å². The van der Waals surface area contributed by atoms with Crippen molar-refractivity contribution in [3.8, 4) is 11.5 Å². The third kappa shape index (κ3) is 3.67. The normalized spacial score (nSPS) is 21.1. The second-order valence-corrected chi connectivity index (χ2v) is 6.48. The van der Waals surface area contributed by atoms with Crippen LogP contribution in [0.1, 0.15) is 31.7 Å². The molecule has 2 aliphatic heterocycles. The highest BCUT2D eigenvalue weighted by atomic mass is 35.5. The minimum Gasteiger partial charge on any atom is -0.489 e. The molecule has 1 unspecified atom stereocenters. The van der Waals surface area contributed by atoms with Crippen LogP contribution in [0.3, 0.4) is 0 Å². The fourth-order valence-electron chi connectivity index (χ4n) is 3.24. The molecular formula is C17H25ClN2O2. The summed E-state index contributed by atoms with van der Waals surface area (Å²) in [5.41, 5.74) is 1.20. The maximum absolute atomic E-state index is 6.40. The lowest BCUT2D eigenvalue weighted by Gasteiger charge is -2.28. The fraction of sp³-hybridized carbons (Fsp3) is 0.647. The minimum absolute atomic E-state index is 0.620. The summed E-state index contributed by atoms with van der Waals surface area (Å²) in [6, 6.07) is 4.74. The second kappa shape index (κ2) is 7.53. The lowest BCUT2D eigenvalue weighted by molar-refractivity contribution is 0.199. The number of hydrogen-bond acceptors (Lipinski definition) is 4. The van der Waals surface area contributed by atoms with Crippen molar-refractivity contribution in [2.24, 2.45) is 0 Å². The third-order valence-corrected chi connectivity index (χ3v) is 4.59. The number of benzene rings is 1. The van der Waals surface area contributed by atoms with Crippen molar-refractivity contribution < 1.29 is 9.47 Å². The van der Waals surface area contributed by atoms with Gasteiger partial charge in [-0.25, -0.2) is 0 Å². The van der Waals surface area contributed by atoms with Gasteiger partial charge in [-0.3, -0.25) is 4.90 Å². The molecule has 0 amide bonds. The molecule has 1 saturated heterocycles. The van der Waals surface area contributed by atoms with Gasteiger partial charge in [-0.2, -0.15) is 0 Å². The van der Waals surface area contributed by atoms with Crippen LogP contribution >= 0.6 is 11.6 Å². The minimum atomic E-state index is 0.620. The van der Waals surface area contributed by atoms with Crippen LogP contribution in [0.2, 0.25) is 5.02 Å². The van der Waals surface area contributed by atoms with Crippen LogP contribution in [-0.4, -0.2) is 43.8 Å². The molecule has 1 N–H and O–H groups in total. The Morgan fingerprint density at radius 2 is 2.18 bits per heavy atom. The topological polar surface area (TPSA) is 33.7 Å². The van der Waals surface area contributed by atoms with Crippen molar-refractivity contribution in [3.63, 3.8) is 0 Å². The average molecular weight is 325 g/mol. The Morgan fingerprint density at radius 1 is 1.32 bits per heavy atom. The van der Waals surface area contributed by atoms with Gasteiger partial charge in [0.25, 0.3) is 0 Å². The van der Waals surface area contributed by atoms with Gasteiger partial charge >= 0.3 is 0 Å². The highest BCUT2D eigenvalue weighted by Crippen LogP contribution is 2.38. The molecule has 122 valence electrons. The van der Waals surface area contributed by atoms with E-state index in [9.17, 15) is 0 Å². The van der Waals surface area contributed by atoms with E-state index in [2.05, 4.69) is 23.2 Å². The molecular weight excluding hydrogens is 300 g/mol. The van der Waals surface area contributed by atoms with Gasteiger partial charge in [0.15, 0.2) is 11.5 Å². The van der Waals surface area contributed by atoms with Gasteiger partial charge < -0.3 is 14.8 Å². The van der Waals surface area contributed by atoms with Gasteiger partial charge in [-0.15, -0.1) is 0 Å². The van der Waals surface area contributed by atoms with E-state index in [4.69, 9.17) is 21.1 Å². The largest absolute Gasteiger partial charge is 0.489 e. The molecule has 2 aliphatic rings. The second-order valence-electron chi connectivity index (χ2n) is 6.07. The van der Waals surface area contributed by atoms with E-state index in [1.807, 2.05) is 6.07 Å². The molecule has 0 saturated carbocycles. The molecule has 0 aliphatic carbocycles. The number of fused-ring (bicyclic) bond motifs is 1. The van der Waals surface area contributed by atoms with Gasteiger partial charge in [-0.1, -0.05) is 18.5 Å². The van der Waals surface area contributed by atoms with E-state index in [1.165, 1.54) is 12.0 Å². The van der Waals surface area contributed by atoms with Gasteiger partial charge in [0, 0.05) is 25.6 Å².